The van der Waals surface area contributed by atoms with Crippen LogP contribution in [-0.2, 0) is 14.3 Å². The second kappa shape index (κ2) is 12.9. The highest BCUT2D eigenvalue weighted by molar-refractivity contribution is 6.51. The number of ketones is 1. The maximum absolute atomic E-state index is 13.4. The number of nitrogens with zero attached hydrogens (tertiary/aromatic N) is 2. The molecular weight excluding hydrogens is 496 g/mol. The van der Waals surface area contributed by atoms with Crippen LogP contribution in [0, 0.1) is 0 Å². The fraction of sp³-hybridized carbons (Fsp3) is 0.290. The van der Waals surface area contributed by atoms with Crippen LogP contribution in [0.15, 0.2) is 78.6 Å². The van der Waals surface area contributed by atoms with E-state index >= 15 is 0 Å². The quantitative estimate of drug-likeness (QED) is 0.109. The van der Waals surface area contributed by atoms with Gasteiger partial charge in [-0.05, 0) is 66.9 Å². The third-order valence-corrected chi connectivity index (χ3v) is 6.39. The van der Waals surface area contributed by atoms with Crippen molar-refractivity contribution in [2.24, 2.45) is 0 Å². The molecule has 39 heavy (non-hydrogen) atoms. The van der Waals surface area contributed by atoms with E-state index in [0.717, 1.165) is 19.3 Å². The number of aromatic nitrogens is 1. The second-order valence-corrected chi connectivity index (χ2v) is 9.22. The molecule has 1 amide bonds. The summed E-state index contributed by atoms with van der Waals surface area (Å²) >= 11 is 0. The Labute approximate surface area is 227 Å². The Hall–Kier alpha value is -4.46. The molecule has 1 unspecified atom stereocenters. The van der Waals surface area contributed by atoms with Crippen molar-refractivity contribution < 1.29 is 29.0 Å². The van der Waals surface area contributed by atoms with Gasteiger partial charge in [0.1, 0.15) is 11.5 Å². The number of carbonyl (C=O) groups is 3. The third kappa shape index (κ3) is 6.17. The number of carbonyl (C=O) groups excluding carboxylic acids is 3. The predicted octanol–water partition coefficient (Wildman–Crippen LogP) is 5.84. The molecule has 8 nitrogen and oxygen atoms in total. The second-order valence-electron chi connectivity index (χ2n) is 9.22. The smallest absolute Gasteiger partial charge is 0.338 e. The van der Waals surface area contributed by atoms with Crippen molar-refractivity contribution in [1.82, 2.24) is 4.98 Å². The summed E-state index contributed by atoms with van der Waals surface area (Å²) in [5.74, 6) is -1.83. The van der Waals surface area contributed by atoms with E-state index in [9.17, 15) is 19.5 Å². The number of ether oxygens (including phenoxy) is 2. The van der Waals surface area contributed by atoms with Crippen LogP contribution >= 0.6 is 0 Å². The lowest BCUT2D eigenvalue weighted by Crippen LogP contribution is -2.29. The minimum Gasteiger partial charge on any atom is -0.507 e. The molecule has 0 saturated carbocycles. The highest BCUT2D eigenvalue weighted by atomic mass is 16.5. The van der Waals surface area contributed by atoms with Crippen molar-refractivity contribution >= 4 is 29.1 Å². The van der Waals surface area contributed by atoms with Crippen LogP contribution in [-0.4, -0.2) is 41.0 Å². The van der Waals surface area contributed by atoms with Gasteiger partial charge >= 0.3 is 5.97 Å². The summed E-state index contributed by atoms with van der Waals surface area (Å²) < 4.78 is 11.0. The van der Waals surface area contributed by atoms with Crippen LogP contribution in [0.25, 0.3) is 5.76 Å². The van der Waals surface area contributed by atoms with Gasteiger partial charge in [0.15, 0.2) is 0 Å². The number of unbranched alkanes of at least 4 members (excludes halogenated alkanes) is 2. The number of anilines is 1. The number of rotatable bonds is 11. The molecule has 0 aliphatic carbocycles. The lowest BCUT2D eigenvalue weighted by Gasteiger charge is -2.25. The van der Waals surface area contributed by atoms with E-state index in [0.29, 0.717) is 35.6 Å². The number of amides is 1. The molecule has 0 radical (unpaired) electrons. The lowest BCUT2D eigenvalue weighted by molar-refractivity contribution is -0.132. The highest BCUT2D eigenvalue weighted by Crippen LogP contribution is 2.42. The molecule has 1 aliphatic rings. The standard InChI is InChI=1S/C31H32N2O6/c1-3-5-6-18-38-25-14-12-21(13-15-25)28(34)26-27(23-10-8-16-32-20-23)33(30(36)29(26)35)24-11-7-9-22(19-24)31(37)39-17-4-2/h7-16,19-20,27,34H,3-6,17-18H2,1-2H3/b28-26+. The highest BCUT2D eigenvalue weighted by Gasteiger charge is 2.47. The molecular formula is C31H32N2O6. The van der Waals surface area contributed by atoms with Crippen LogP contribution in [0.1, 0.15) is 67.1 Å². The van der Waals surface area contributed by atoms with Crippen molar-refractivity contribution in [1.29, 1.82) is 0 Å². The van der Waals surface area contributed by atoms with Crippen molar-refractivity contribution in [3.63, 3.8) is 0 Å². The molecule has 1 atom stereocenters. The van der Waals surface area contributed by atoms with Crippen LogP contribution in [0.5, 0.6) is 5.75 Å². The zero-order valence-corrected chi connectivity index (χ0v) is 22.1. The largest absolute Gasteiger partial charge is 0.507 e. The van der Waals surface area contributed by atoms with E-state index in [4.69, 9.17) is 9.47 Å². The number of hydrogen-bond acceptors (Lipinski definition) is 7. The summed E-state index contributed by atoms with van der Waals surface area (Å²) in [7, 11) is 0. The Morgan fingerprint density at radius 2 is 1.74 bits per heavy atom. The number of benzene rings is 2. The van der Waals surface area contributed by atoms with Gasteiger partial charge in [-0.25, -0.2) is 4.79 Å². The minimum atomic E-state index is -0.953. The topological polar surface area (TPSA) is 106 Å². The van der Waals surface area contributed by atoms with Crippen LogP contribution < -0.4 is 9.64 Å². The molecule has 8 heteroatoms. The third-order valence-electron chi connectivity index (χ3n) is 6.39. The zero-order chi connectivity index (χ0) is 27.8. The van der Waals surface area contributed by atoms with Crippen molar-refractivity contribution in [2.45, 2.75) is 45.6 Å². The molecule has 0 spiro atoms. The van der Waals surface area contributed by atoms with E-state index in [1.54, 1.807) is 67.0 Å². The molecule has 0 bridgehead atoms. The maximum Gasteiger partial charge on any atom is 0.338 e. The molecule has 1 fully saturated rings. The van der Waals surface area contributed by atoms with E-state index in [1.165, 1.54) is 11.0 Å². The van der Waals surface area contributed by atoms with Gasteiger partial charge in [0.05, 0.1) is 30.4 Å². The van der Waals surface area contributed by atoms with Crippen molar-refractivity contribution in [3.05, 3.63) is 95.3 Å². The molecule has 1 saturated heterocycles. The first kappa shape index (κ1) is 27.6. The van der Waals surface area contributed by atoms with Crippen molar-refractivity contribution in [3.8, 4) is 5.75 Å². The van der Waals surface area contributed by atoms with E-state index in [1.807, 2.05) is 6.92 Å². The number of esters is 1. The molecule has 2 aromatic carbocycles. The van der Waals surface area contributed by atoms with Crippen LogP contribution in [0.4, 0.5) is 5.69 Å². The molecule has 2 heterocycles. The summed E-state index contributed by atoms with van der Waals surface area (Å²) in [5, 5.41) is 11.3. The molecule has 1 aliphatic heterocycles. The average molecular weight is 529 g/mol. The van der Waals surface area contributed by atoms with E-state index < -0.39 is 23.7 Å². The number of pyridine rings is 1. The van der Waals surface area contributed by atoms with E-state index in [2.05, 4.69) is 11.9 Å². The van der Waals surface area contributed by atoms with Gasteiger partial charge in [0, 0.05) is 23.6 Å². The predicted molar refractivity (Wildman–Crippen MR) is 147 cm³/mol. The Morgan fingerprint density at radius 1 is 0.949 bits per heavy atom. The van der Waals surface area contributed by atoms with Crippen molar-refractivity contribution in [2.75, 3.05) is 18.1 Å². The molecule has 1 aromatic heterocycles. The number of Topliss-reactive ketones (excluding diaryl/α,β-unsaturated/α-hetero) is 1. The zero-order valence-electron chi connectivity index (χ0n) is 22.1. The fourth-order valence-electron chi connectivity index (χ4n) is 4.42. The van der Waals surface area contributed by atoms with E-state index in [-0.39, 0.29) is 23.5 Å². The maximum atomic E-state index is 13.4. The summed E-state index contributed by atoms with van der Waals surface area (Å²) in [6, 6.07) is 15.6. The Kier molecular flexibility index (Phi) is 9.10. The number of aliphatic hydroxyl groups is 1. The number of hydrogen-bond donors (Lipinski definition) is 1. The van der Waals surface area contributed by atoms with Gasteiger partial charge in [0.25, 0.3) is 11.7 Å². The summed E-state index contributed by atoms with van der Waals surface area (Å²) in [4.78, 5) is 44.7. The van der Waals surface area contributed by atoms with Gasteiger partial charge in [-0.15, -0.1) is 0 Å². The molecule has 1 N–H and O–H groups in total. The molecule has 4 rings (SSSR count). The summed E-state index contributed by atoms with van der Waals surface area (Å²) in [5.41, 5.74) is 1.42. The first-order valence-electron chi connectivity index (χ1n) is 13.2. The number of aliphatic hydroxyl groups excluding tert-OH is 1. The van der Waals surface area contributed by atoms with Gasteiger partial charge in [-0.2, -0.15) is 0 Å². The molecule has 3 aromatic rings. The van der Waals surface area contributed by atoms with Gasteiger partial charge in [0.2, 0.25) is 0 Å². The fourth-order valence-corrected chi connectivity index (χ4v) is 4.42. The first-order valence-corrected chi connectivity index (χ1v) is 13.2. The van der Waals surface area contributed by atoms with Gasteiger partial charge in [-0.1, -0.05) is 38.8 Å². The van der Waals surface area contributed by atoms with Gasteiger partial charge < -0.3 is 14.6 Å². The summed E-state index contributed by atoms with van der Waals surface area (Å²) in [6.45, 7) is 4.88. The van der Waals surface area contributed by atoms with Crippen LogP contribution in [0.3, 0.4) is 0 Å². The lowest BCUT2D eigenvalue weighted by atomic mass is 9.96. The van der Waals surface area contributed by atoms with Gasteiger partial charge in [-0.3, -0.25) is 19.5 Å². The Morgan fingerprint density at radius 3 is 2.44 bits per heavy atom. The normalized spacial score (nSPS) is 16.4. The Balaban J connectivity index is 1.73. The Bertz CT molecular complexity index is 1350. The SMILES string of the molecule is CCCCCOc1ccc(/C(O)=C2\C(=O)C(=O)N(c3cccc(C(=O)OCCC)c3)C2c2cccnc2)cc1. The first-order chi connectivity index (χ1) is 19.0. The monoisotopic (exact) mass is 528 g/mol. The summed E-state index contributed by atoms with van der Waals surface area (Å²) in [6.07, 6.45) is 6.93. The van der Waals surface area contributed by atoms with Crippen LogP contribution in [0.2, 0.25) is 0 Å². The average Bonchev–Trinajstić information content (AvgIpc) is 3.24. The minimum absolute atomic E-state index is 0.0661. The molecule has 202 valence electrons.